The fourth-order valence-corrected chi connectivity index (χ4v) is 4.06. The summed E-state index contributed by atoms with van der Waals surface area (Å²) < 4.78 is 0. The second-order valence-corrected chi connectivity index (χ2v) is 6.72. The van der Waals surface area contributed by atoms with Crippen LogP contribution in [-0.4, -0.2) is 11.1 Å². The zero-order chi connectivity index (χ0) is 14.2. The first-order valence-corrected chi connectivity index (χ1v) is 8.04. The molecule has 3 rings (SSSR count). The van der Waals surface area contributed by atoms with Gasteiger partial charge in [-0.3, -0.25) is 4.79 Å². The number of hydrogen-bond acceptors (Lipinski definition) is 1. The van der Waals surface area contributed by atoms with E-state index in [1.807, 2.05) is 12.1 Å². The van der Waals surface area contributed by atoms with Gasteiger partial charge >= 0.3 is 5.97 Å². The van der Waals surface area contributed by atoms with Gasteiger partial charge in [-0.2, -0.15) is 0 Å². The molecule has 0 bridgehead atoms. The Labute approximate surface area is 125 Å². The molecule has 2 aliphatic carbocycles. The van der Waals surface area contributed by atoms with Crippen molar-refractivity contribution in [3.63, 3.8) is 0 Å². The Morgan fingerprint density at radius 2 is 1.85 bits per heavy atom. The molecule has 0 spiro atoms. The lowest BCUT2D eigenvalue weighted by molar-refractivity contribution is -0.147. The van der Waals surface area contributed by atoms with E-state index in [0.717, 1.165) is 29.8 Å². The van der Waals surface area contributed by atoms with Crippen LogP contribution in [0.1, 0.15) is 68.4 Å². The van der Waals surface area contributed by atoms with Gasteiger partial charge in [-0.1, -0.05) is 49.4 Å². The molecule has 1 aromatic carbocycles. The van der Waals surface area contributed by atoms with Crippen molar-refractivity contribution in [3.05, 3.63) is 34.3 Å². The minimum Gasteiger partial charge on any atom is -0.481 e. The number of halogens is 1. The van der Waals surface area contributed by atoms with Crippen molar-refractivity contribution in [1.82, 2.24) is 0 Å². The van der Waals surface area contributed by atoms with Crippen LogP contribution in [0.3, 0.4) is 0 Å². The third kappa shape index (κ3) is 2.24. The first-order valence-electron chi connectivity index (χ1n) is 7.67. The third-order valence-electron chi connectivity index (χ3n) is 5.21. The molecular weight excluding hydrogens is 272 g/mol. The average molecular weight is 293 g/mol. The van der Waals surface area contributed by atoms with Gasteiger partial charge in [0.1, 0.15) is 0 Å². The summed E-state index contributed by atoms with van der Waals surface area (Å²) in [6.45, 7) is 0. The Bertz CT molecular complexity index is 514. The minimum absolute atomic E-state index is 0.562. The molecule has 108 valence electrons. The third-order valence-corrected chi connectivity index (χ3v) is 5.54. The van der Waals surface area contributed by atoms with E-state index in [9.17, 15) is 9.90 Å². The maximum Gasteiger partial charge on any atom is 0.314 e. The molecule has 1 aromatic rings. The van der Waals surface area contributed by atoms with Crippen LogP contribution in [-0.2, 0) is 10.2 Å². The molecule has 2 aliphatic rings. The molecule has 0 radical (unpaired) electrons. The van der Waals surface area contributed by atoms with E-state index in [4.69, 9.17) is 11.6 Å². The second-order valence-electron chi connectivity index (χ2n) is 6.31. The highest BCUT2D eigenvalue weighted by Crippen LogP contribution is 2.46. The summed E-state index contributed by atoms with van der Waals surface area (Å²) in [4.78, 5) is 11.6. The van der Waals surface area contributed by atoms with Gasteiger partial charge in [0, 0.05) is 5.02 Å². The van der Waals surface area contributed by atoms with Crippen LogP contribution in [0.4, 0.5) is 0 Å². The normalized spacial score (nSPS) is 22.2. The van der Waals surface area contributed by atoms with Crippen LogP contribution in [0.5, 0.6) is 0 Å². The largest absolute Gasteiger partial charge is 0.481 e. The Hall–Kier alpha value is -1.02. The zero-order valence-corrected chi connectivity index (χ0v) is 12.5. The molecule has 0 aliphatic heterocycles. The summed E-state index contributed by atoms with van der Waals surface area (Å²) in [5.74, 6) is -0.141. The van der Waals surface area contributed by atoms with Crippen molar-refractivity contribution < 1.29 is 9.90 Å². The van der Waals surface area contributed by atoms with E-state index >= 15 is 0 Å². The monoisotopic (exact) mass is 292 g/mol. The topological polar surface area (TPSA) is 37.3 Å². The highest BCUT2D eigenvalue weighted by atomic mass is 35.5. The van der Waals surface area contributed by atoms with Crippen LogP contribution >= 0.6 is 11.6 Å². The van der Waals surface area contributed by atoms with Crippen LogP contribution in [0.2, 0.25) is 5.02 Å². The number of aliphatic carboxylic acids is 1. The standard InChI is InChI=1S/C17H21ClO2/c18-15-11-13(17(16(19)20)9-4-10-17)7-8-14(15)12-5-2-1-3-6-12/h7-8,11-12H,1-6,9-10H2,(H,19,20). The van der Waals surface area contributed by atoms with E-state index in [2.05, 4.69) is 6.07 Å². The molecular formula is C17H21ClO2. The predicted molar refractivity (Wildman–Crippen MR) is 80.4 cm³/mol. The molecule has 2 nitrogen and oxygen atoms in total. The number of carboxylic acid groups (broad SMARTS) is 1. The van der Waals surface area contributed by atoms with E-state index in [0.29, 0.717) is 5.92 Å². The fraction of sp³-hybridized carbons (Fsp3) is 0.588. The van der Waals surface area contributed by atoms with Crippen molar-refractivity contribution in [2.45, 2.75) is 62.7 Å². The maximum atomic E-state index is 11.6. The molecule has 2 fully saturated rings. The van der Waals surface area contributed by atoms with Crippen molar-refractivity contribution in [2.24, 2.45) is 0 Å². The van der Waals surface area contributed by atoms with Gasteiger partial charge in [-0.15, -0.1) is 0 Å². The summed E-state index contributed by atoms with van der Waals surface area (Å²) >= 11 is 6.46. The molecule has 2 saturated carbocycles. The molecule has 0 atom stereocenters. The van der Waals surface area contributed by atoms with Crippen molar-refractivity contribution in [2.75, 3.05) is 0 Å². The SMILES string of the molecule is O=C(O)C1(c2ccc(C3CCCCC3)c(Cl)c2)CCC1. The van der Waals surface area contributed by atoms with Crippen LogP contribution in [0.15, 0.2) is 18.2 Å². The van der Waals surface area contributed by atoms with Crippen LogP contribution in [0, 0.1) is 0 Å². The lowest BCUT2D eigenvalue weighted by Crippen LogP contribution is -2.42. The summed E-state index contributed by atoms with van der Waals surface area (Å²) in [7, 11) is 0. The van der Waals surface area contributed by atoms with Gasteiger partial charge < -0.3 is 5.11 Å². The quantitative estimate of drug-likeness (QED) is 0.861. The predicted octanol–water partition coefficient (Wildman–Crippen LogP) is 4.89. The number of rotatable bonds is 3. The summed E-state index contributed by atoms with van der Waals surface area (Å²) in [6.07, 6.45) is 8.78. The van der Waals surface area contributed by atoms with Gasteiger partial charge in [-0.25, -0.2) is 0 Å². The van der Waals surface area contributed by atoms with E-state index < -0.39 is 11.4 Å². The summed E-state index contributed by atoms with van der Waals surface area (Å²) in [5, 5.41) is 10.3. The molecule has 0 amide bonds. The Morgan fingerprint density at radius 3 is 2.35 bits per heavy atom. The highest BCUT2D eigenvalue weighted by Gasteiger charge is 2.46. The first-order chi connectivity index (χ1) is 9.63. The summed E-state index contributed by atoms with van der Waals surface area (Å²) in [5.41, 5.74) is 1.44. The van der Waals surface area contributed by atoms with E-state index in [1.54, 1.807) is 0 Å². The van der Waals surface area contributed by atoms with E-state index in [1.165, 1.54) is 37.7 Å². The van der Waals surface area contributed by atoms with Gasteiger partial charge in [0.2, 0.25) is 0 Å². The molecule has 20 heavy (non-hydrogen) atoms. The fourth-order valence-electron chi connectivity index (χ4n) is 3.73. The highest BCUT2D eigenvalue weighted by molar-refractivity contribution is 6.31. The lowest BCUT2D eigenvalue weighted by Gasteiger charge is -2.38. The first kappa shape index (κ1) is 13.9. The average Bonchev–Trinajstić information content (AvgIpc) is 2.38. The number of carboxylic acids is 1. The Morgan fingerprint density at radius 1 is 1.15 bits per heavy atom. The van der Waals surface area contributed by atoms with E-state index in [-0.39, 0.29) is 0 Å². The van der Waals surface area contributed by atoms with Crippen LogP contribution in [0.25, 0.3) is 0 Å². The Kier molecular flexibility index (Phi) is 3.76. The molecule has 3 heteroatoms. The molecule has 0 saturated heterocycles. The van der Waals surface area contributed by atoms with Crippen molar-refractivity contribution >= 4 is 17.6 Å². The smallest absolute Gasteiger partial charge is 0.314 e. The van der Waals surface area contributed by atoms with Gasteiger partial charge in [0.25, 0.3) is 0 Å². The van der Waals surface area contributed by atoms with Crippen molar-refractivity contribution in [1.29, 1.82) is 0 Å². The molecule has 1 N–H and O–H groups in total. The Balaban J connectivity index is 1.89. The summed E-state index contributed by atoms with van der Waals surface area (Å²) in [6, 6.07) is 6.00. The second kappa shape index (κ2) is 5.40. The number of benzene rings is 1. The minimum atomic E-state index is -0.703. The van der Waals surface area contributed by atoms with Crippen LogP contribution < -0.4 is 0 Å². The number of carbonyl (C=O) groups is 1. The number of hydrogen-bond donors (Lipinski definition) is 1. The zero-order valence-electron chi connectivity index (χ0n) is 11.7. The van der Waals surface area contributed by atoms with Crippen molar-refractivity contribution in [3.8, 4) is 0 Å². The lowest BCUT2D eigenvalue weighted by atomic mass is 9.64. The van der Waals surface area contributed by atoms with Gasteiger partial charge in [0.15, 0.2) is 0 Å². The molecule has 0 aromatic heterocycles. The van der Waals surface area contributed by atoms with Gasteiger partial charge in [-0.05, 0) is 48.8 Å². The molecule has 0 unspecified atom stereocenters. The van der Waals surface area contributed by atoms with Gasteiger partial charge in [0.05, 0.1) is 5.41 Å². The molecule has 0 heterocycles. The maximum absolute atomic E-state index is 11.6.